The van der Waals surface area contributed by atoms with Crippen LogP contribution in [0.2, 0.25) is 5.02 Å². The summed E-state index contributed by atoms with van der Waals surface area (Å²) in [7, 11) is 3.15. The number of hydrogen-bond donors (Lipinski definition) is 0. The summed E-state index contributed by atoms with van der Waals surface area (Å²) in [6.07, 6.45) is 3.42. The minimum absolute atomic E-state index is 0.655. The average Bonchev–Trinajstić information content (AvgIpc) is 2.30. The molecule has 2 rings (SSSR count). The van der Waals surface area contributed by atoms with Gasteiger partial charge < -0.3 is 0 Å². The zero-order valence-corrected chi connectivity index (χ0v) is 10.0. The fourth-order valence-corrected chi connectivity index (χ4v) is 2.74. The van der Waals surface area contributed by atoms with Crippen molar-refractivity contribution in [2.45, 2.75) is 10.1 Å². The van der Waals surface area contributed by atoms with E-state index in [0.29, 0.717) is 5.02 Å². The molecule has 0 aromatic carbocycles. The lowest BCUT2D eigenvalue weighted by Gasteiger charge is -1.98. The van der Waals surface area contributed by atoms with E-state index in [2.05, 4.69) is 9.97 Å². The Balaban J connectivity index is 1.96. The highest BCUT2D eigenvalue weighted by Crippen LogP contribution is 2.34. The molecule has 0 aliphatic carbocycles. The zero-order chi connectivity index (χ0) is 10.5. The van der Waals surface area contributed by atoms with Crippen LogP contribution in [0.25, 0.3) is 0 Å². The van der Waals surface area contributed by atoms with Gasteiger partial charge >= 0.3 is 0 Å². The Morgan fingerprint density at radius 2 is 1.73 bits per heavy atom. The molecule has 0 amide bonds. The van der Waals surface area contributed by atoms with Crippen LogP contribution >= 0.6 is 33.2 Å². The van der Waals surface area contributed by atoms with Gasteiger partial charge in [-0.3, -0.25) is 0 Å². The standard InChI is InChI=1S/C10H7ClN2S2/c11-8-4-5-10(13-7-8)15-14-9-3-1-2-6-12-9/h1-7H. The minimum atomic E-state index is 0.655. The van der Waals surface area contributed by atoms with E-state index in [1.807, 2.05) is 30.3 Å². The highest BCUT2D eigenvalue weighted by Gasteiger charge is 1.98. The minimum Gasteiger partial charge on any atom is -0.249 e. The van der Waals surface area contributed by atoms with Gasteiger partial charge in [0.2, 0.25) is 0 Å². The number of rotatable bonds is 3. The second kappa shape index (κ2) is 5.39. The van der Waals surface area contributed by atoms with Gasteiger partial charge in [-0.15, -0.1) is 0 Å². The maximum absolute atomic E-state index is 5.74. The van der Waals surface area contributed by atoms with Crippen LogP contribution in [-0.2, 0) is 0 Å². The summed E-state index contributed by atoms with van der Waals surface area (Å²) in [6.45, 7) is 0. The quantitative estimate of drug-likeness (QED) is 0.775. The van der Waals surface area contributed by atoms with Crippen LogP contribution < -0.4 is 0 Å². The van der Waals surface area contributed by atoms with Gasteiger partial charge in [0.05, 0.1) is 5.02 Å². The SMILES string of the molecule is Clc1ccc(SSc2ccccn2)nc1. The topological polar surface area (TPSA) is 25.8 Å². The molecule has 76 valence electrons. The molecule has 5 heteroatoms. The molecule has 2 nitrogen and oxygen atoms in total. The first-order valence-electron chi connectivity index (χ1n) is 4.22. The van der Waals surface area contributed by atoms with E-state index >= 15 is 0 Å². The molecule has 0 N–H and O–H groups in total. The third kappa shape index (κ3) is 3.41. The maximum atomic E-state index is 5.74. The zero-order valence-electron chi connectivity index (χ0n) is 7.63. The highest BCUT2D eigenvalue weighted by atomic mass is 35.5. The lowest BCUT2D eigenvalue weighted by Crippen LogP contribution is -1.77. The molecule has 0 radical (unpaired) electrons. The smallest absolute Gasteiger partial charge is 0.107 e. The summed E-state index contributed by atoms with van der Waals surface area (Å²) < 4.78 is 0. The summed E-state index contributed by atoms with van der Waals surface area (Å²) in [4.78, 5) is 8.38. The van der Waals surface area contributed by atoms with E-state index in [9.17, 15) is 0 Å². The summed E-state index contributed by atoms with van der Waals surface area (Å²) in [5.41, 5.74) is 0. The average molecular weight is 255 g/mol. The molecule has 0 spiro atoms. The summed E-state index contributed by atoms with van der Waals surface area (Å²) >= 11 is 5.74. The molecule has 0 aliphatic heterocycles. The van der Waals surface area contributed by atoms with Gasteiger partial charge in [0.25, 0.3) is 0 Å². The Bertz CT molecular complexity index is 419. The molecule has 0 bridgehead atoms. The molecule has 0 saturated heterocycles. The Labute approximate surface area is 101 Å². The van der Waals surface area contributed by atoms with Gasteiger partial charge in [-0.05, 0) is 45.9 Å². The van der Waals surface area contributed by atoms with Gasteiger partial charge in [-0.2, -0.15) is 0 Å². The first kappa shape index (κ1) is 10.8. The molecular formula is C10H7ClN2S2. The molecule has 0 atom stereocenters. The molecule has 0 aliphatic rings. The summed E-state index contributed by atoms with van der Waals surface area (Å²) in [6, 6.07) is 9.55. The van der Waals surface area contributed by atoms with Crippen molar-refractivity contribution in [2.24, 2.45) is 0 Å². The fraction of sp³-hybridized carbons (Fsp3) is 0. The second-order valence-corrected chi connectivity index (χ2v) is 5.26. The number of hydrogen-bond acceptors (Lipinski definition) is 4. The van der Waals surface area contributed by atoms with E-state index in [4.69, 9.17) is 11.6 Å². The molecule has 0 saturated carbocycles. The monoisotopic (exact) mass is 254 g/mol. The predicted molar refractivity (Wildman–Crippen MR) is 65.2 cm³/mol. The van der Waals surface area contributed by atoms with Gasteiger partial charge in [-0.1, -0.05) is 17.7 Å². The number of halogens is 1. The number of pyridine rings is 2. The third-order valence-corrected chi connectivity index (χ3v) is 3.96. The van der Waals surface area contributed by atoms with Crippen LogP contribution in [0.4, 0.5) is 0 Å². The van der Waals surface area contributed by atoms with Crippen molar-refractivity contribution in [2.75, 3.05) is 0 Å². The predicted octanol–water partition coefficient (Wildman–Crippen LogP) is 3.93. The van der Waals surface area contributed by atoms with E-state index in [0.717, 1.165) is 10.1 Å². The normalized spacial score (nSPS) is 10.2. The first-order valence-corrected chi connectivity index (χ1v) is 6.74. The summed E-state index contributed by atoms with van der Waals surface area (Å²) in [5, 5.41) is 2.55. The molecule has 2 heterocycles. The van der Waals surface area contributed by atoms with Crippen LogP contribution in [0, 0.1) is 0 Å². The van der Waals surface area contributed by atoms with Crippen molar-refractivity contribution in [3.8, 4) is 0 Å². The van der Waals surface area contributed by atoms with E-state index in [1.165, 1.54) is 0 Å². The largest absolute Gasteiger partial charge is 0.249 e. The Morgan fingerprint density at radius 1 is 0.933 bits per heavy atom. The van der Waals surface area contributed by atoms with Crippen molar-refractivity contribution in [1.29, 1.82) is 0 Å². The van der Waals surface area contributed by atoms with Crippen molar-refractivity contribution >= 4 is 33.2 Å². The van der Waals surface area contributed by atoms with Crippen LogP contribution in [0.5, 0.6) is 0 Å². The Morgan fingerprint density at radius 3 is 2.33 bits per heavy atom. The fourth-order valence-electron chi connectivity index (χ4n) is 0.893. The molecule has 2 aromatic rings. The Hall–Kier alpha value is -0.710. The van der Waals surface area contributed by atoms with Gasteiger partial charge in [0.1, 0.15) is 10.1 Å². The first-order chi connectivity index (χ1) is 7.34. The van der Waals surface area contributed by atoms with Gasteiger partial charge in [-0.25, -0.2) is 9.97 Å². The lowest BCUT2D eigenvalue weighted by atomic mass is 10.5. The van der Waals surface area contributed by atoms with Crippen molar-refractivity contribution in [3.63, 3.8) is 0 Å². The molecule has 2 aromatic heterocycles. The summed E-state index contributed by atoms with van der Waals surface area (Å²) in [5.74, 6) is 0. The lowest BCUT2D eigenvalue weighted by molar-refractivity contribution is 1.13. The number of aromatic nitrogens is 2. The van der Waals surface area contributed by atoms with Crippen molar-refractivity contribution in [1.82, 2.24) is 9.97 Å². The second-order valence-electron chi connectivity index (χ2n) is 2.65. The van der Waals surface area contributed by atoms with Crippen LogP contribution in [0.1, 0.15) is 0 Å². The van der Waals surface area contributed by atoms with E-state index in [-0.39, 0.29) is 0 Å². The van der Waals surface area contributed by atoms with Crippen LogP contribution in [0.3, 0.4) is 0 Å². The maximum Gasteiger partial charge on any atom is 0.107 e. The van der Waals surface area contributed by atoms with E-state index in [1.54, 1.807) is 34.0 Å². The Kier molecular flexibility index (Phi) is 3.88. The molecular weight excluding hydrogens is 248 g/mol. The van der Waals surface area contributed by atoms with Gasteiger partial charge in [0, 0.05) is 12.4 Å². The van der Waals surface area contributed by atoms with Crippen molar-refractivity contribution < 1.29 is 0 Å². The van der Waals surface area contributed by atoms with Gasteiger partial charge in [0.15, 0.2) is 0 Å². The number of nitrogens with zero attached hydrogens (tertiary/aromatic N) is 2. The third-order valence-electron chi connectivity index (χ3n) is 1.55. The van der Waals surface area contributed by atoms with E-state index < -0.39 is 0 Å². The molecule has 15 heavy (non-hydrogen) atoms. The molecule has 0 fully saturated rings. The van der Waals surface area contributed by atoms with Crippen LogP contribution in [0.15, 0.2) is 52.8 Å². The van der Waals surface area contributed by atoms with Crippen LogP contribution in [-0.4, -0.2) is 9.97 Å². The van der Waals surface area contributed by atoms with Crippen molar-refractivity contribution in [3.05, 3.63) is 47.7 Å². The highest BCUT2D eigenvalue weighted by molar-refractivity contribution is 8.76. The molecule has 0 unspecified atom stereocenters.